The van der Waals surface area contributed by atoms with Crippen LogP contribution in [0.4, 0.5) is 0 Å². The van der Waals surface area contributed by atoms with E-state index < -0.39 is 0 Å². The molecule has 0 fully saturated rings. The topological polar surface area (TPSA) is 9.23 Å². The molecule has 2 atom stereocenters. The van der Waals surface area contributed by atoms with Gasteiger partial charge in [0, 0.05) is 0 Å². The molecule has 0 amide bonds. The van der Waals surface area contributed by atoms with Gasteiger partial charge in [-0.3, -0.25) is 0 Å². The SMILES string of the molecule is COc1ccc2c(c1)CC[C@@H]1C(C)=CCC[C@]21C. The van der Waals surface area contributed by atoms with Crippen LogP contribution in [0.5, 0.6) is 5.75 Å². The molecule has 2 aliphatic rings. The highest BCUT2D eigenvalue weighted by Crippen LogP contribution is 2.50. The van der Waals surface area contributed by atoms with Gasteiger partial charge in [0.05, 0.1) is 7.11 Å². The monoisotopic (exact) mass is 242 g/mol. The zero-order chi connectivity index (χ0) is 12.8. The Morgan fingerprint density at radius 2 is 2.17 bits per heavy atom. The van der Waals surface area contributed by atoms with Gasteiger partial charge in [0.25, 0.3) is 0 Å². The molecule has 96 valence electrons. The normalized spacial score (nSPS) is 30.2. The fraction of sp³-hybridized carbons (Fsp3) is 0.529. The Balaban J connectivity index is 2.09. The average Bonchev–Trinajstić information content (AvgIpc) is 2.38. The zero-order valence-electron chi connectivity index (χ0n) is 11.6. The third kappa shape index (κ3) is 1.60. The van der Waals surface area contributed by atoms with Gasteiger partial charge in [-0.15, -0.1) is 0 Å². The van der Waals surface area contributed by atoms with E-state index in [1.54, 1.807) is 18.2 Å². The van der Waals surface area contributed by atoms with E-state index in [1.807, 2.05) is 0 Å². The van der Waals surface area contributed by atoms with E-state index in [1.165, 1.54) is 31.2 Å². The van der Waals surface area contributed by atoms with Crippen molar-refractivity contribution in [3.8, 4) is 5.75 Å². The van der Waals surface area contributed by atoms with Gasteiger partial charge in [0.1, 0.15) is 5.75 Å². The zero-order valence-corrected chi connectivity index (χ0v) is 11.6. The molecule has 0 spiro atoms. The molecule has 0 N–H and O–H groups in total. The molecule has 0 heterocycles. The van der Waals surface area contributed by atoms with Crippen LogP contribution in [-0.2, 0) is 11.8 Å². The first-order valence-electron chi connectivity index (χ1n) is 6.99. The highest BCUT2D eigenvalue weighted by molar-refractivity contribution is 5.44. The molecule has 0 saturated heterocycles. The maximum Gasteiger partial charge on any atom is 0.119 e. The van der Waals surface area contributed by atoms with Crippen LogP contribution in [0.3, 0.4) is 0 Å². The molecule has 1 aromatic rings. The van der Waals surface area contributed by atoms with Crippen LogP contribution in [0.25, 0.3) is 0 Å². The predicted molar refractivity (Wildman–Crippen MR) is 75.1 cm³/mol. The molecule has 18 heavy (non-hydrogen) atoms. The summed E-state index contributed by atoms with van der Waals surface area (Å²) in [6.07, 6.45) is 7.44. The Bertz CT molecular complexity index is 500. The number of methoxy groups -OCH3 is 1. The van der Waals surface area contributed by atoms with Gasteiger partial charge in [-0.1, -0.05) is 24.6 Å². The van der Waals surface area contributed by atoms with Gasteiger partial charge in [-0.25, -0.2) is 0 Å². The van der Waals surface area contributed by atoms with Gasteiger partial charge in [0.15, 0.2) is 0 Å². The summed E-state index contributed by atoms with van der Waals surface area (Å²) in [6, 6.07) is 6.67. The van der Waals surface area contributed by atoms with Crippen molar-refractivity contribution in [1.29, 1.82) is 0 Å². The van der Waals surface area contributed by atoms with Gasteiger partial charge < -0.3 is 4.74 Å². The van der Waals surface area contributed by atoms with Gasteiger partial charge in [-0.05, 0) is 67.2 Å². The Kier molecular flexibility index (Phi) is 2.73. The molecule has 0 bridgehead atoms. The first-order valence-corrected chi connectivity index (χ1v) is 6.99. The minimum absolute atomic E-state index is 0.346. The summed E-state index contributed by atoms with van der Waals surface area (Å²) in [5, 5.41) is 0. The van der Waals surface area contributed by atoms with E-state index >= 15 is 0 Å². The summed E-state index contributed by atoms with van der Waals surface area (Å²) in [7, 11) is 1.75. The van der Waals surface area contributed by atoms with Crippen LogP contribution in [0.15, 0.2) is 29.8 Å². The van der Waals surface area contributed by atoms with Crippen molar-refractivity contribution >= 4 is 0 Å². The lowest BCUT2D eigenvalue weighted by atomic mass is 9.58. The van der Waals surface area contributed by atoms with E-state index in [0.29, 0.717) is 5.41 Å². The molecule has 0 radical (unpaired) electrons. The van der Waals surface area contributed by atoms with Gasteiger partial charge in [0.2, 0.25) is 0 Å². The average molecular weight is 242 g/mol. The van der Waals surface area contributed by atoms with Crippen molar-refractivity contribution in [2.45, 2.75) is 44.9 Å². The minimum atomic E-state index is 0.346. The third-order valence-corrected chi connectivity index (χ3v) is 5.08. The lowest BCUT2D eigenvalue weighted by Crippen LogP contribution is -2.39. The van der Waals surface area contributed by atoms with Gasteiger partial charge >= 0.3 is 0 Å². The van der Waals surface area contributed by atoms with E-state index in [0.717, 1.165) is 11.7 Å². The smallest absolute Gasteiger partial charge is 0.119 e. The fourth-order valence-electron chi connectivity index (χ4n) is 4.05. The Labute approximate surface area is 110 Å². The summed E-state index contributed by atoms with van der Waals surface area (Å²) in [5.41, 5.74) is 5.01. The summed E-state index contributed by atoms with van der Waals surface area (Å²) >= 11 is 0. The Morgan fingerprint density at radius 1 is 1.33 bits per heavy atom. The van der Waals surface area contributed by atoms with Crippen LogP contribution in [-0.4, -0.2) is 7.11 Å². The first kappa shape index (κ1) is 11.8. The molecule has 1 nitrogen and oxygen atoms in total. The second kappa shape index (κ2) is 4.15. The van der Waals surface area contributed by atoms with Gasteiger partial charge in [-0.2, -0.15) is 0 Å². The molecule has 0 unspecified atom stereocenters. The van der Waals surface area contributed by atoms with E-state index in [-0.39, 0.29) is 0 Å². The molecule has 1 aromatic carbocycles. The summed E-state index contributed by atoms with van der Waals surface area (Å²) < 4.78 is 5.36. The molecule has 1 heteroatoms. The van der Waals surface area contributed by atoms with E-state index in [4.69, 9.17) is 4.74 Å². The van der Waals surface area contributed by atoms with E-state index in [9.17, 15) is 0 Å². The molecule has 0 saturated carbocycles. The maximum atomic E-state index is 5.36. The lowest BCUT2D eigenvalue weighted by Gasteiger charge is -2.46. The summed E-state index contributed by atoms with van der Waals surface area (Å²) in [5.74, 6) is 1.74. The number of aryl methyl sites for hydroxylation is 1. The van der Waals surface area contributed by atoms with Crippen molar-refractivity contribution in [1.82, 2.24) is 0 Å². The first-order chi connectivity index (χ1) is 8.65. The number of benzene rings is 1. The molecular weight excluding hydrogens is 220 g/mol. The quantitative estimate of drug-likeness (QED) is 0.669. The highest BCUT2D eigenvalue weighted by atomic mass is 16.5. The summed E-state index contributed by atoms with van der Waals surface area (Å²) in [4.78, 5) is 0. The minimum Gasteiger partial charge on any atom is -0.497 e. The number of hydrogen-bond acceptors (Lipinski definition) is 1. The summed E-state index contributed by atoms with van der Waals surface area (Å²) in [6.45, 7) is 4.77. The Hall–Kier alpha value is -1.24. The molecular formula is C17H22O. The number of allylic oxidation sites excluding steroid dienone is 2. The standard InChI is InChI=1S/C17H22O/c1-12-5-4-10-17(2)15(12)8-6-13-11-14(18-3)7-9-16(13)17/h5,7,9,11,15H,4,6,8,10H2,1-3H3/t15-,17+/m1/s1. The number of rotatable bonds is 1. The molecule has 2 aliphatic carbocycles. The number of fused-ring (bicyclic) bond motifs is 3. The van der Waals surface area contributed by atoms with Crippen LogP contribution in [0.1, 0.15) is 44.2 Å². The van der Waals surface area contributed by atoms with Crippen molar-refractivity contribution in [2.75, 3.05) is 7.11 Å². The van der Waals surface area contributed by atoms with Crippen LogP contribution >= 0.6 is 0 Å². The van der Waals surface area contributed by atoms with Crippen LogP contribution < -0.4 is 4.74 Å². The van der Waals surface area contributed by atoms with Crippen LogP contribution in [0, 0.1) is 5.92 Å². The van der Waals surface area contributed by atoms with E-state index in [2.05, 4.69) is 38.1 Å². The van der Waals surface area contributed by atoms with Crippen molar-refractivity contribution < 1.29 is 4.74 Å². The lowest BCUT2D eigenvalue weighted by molar-refractivity contribution is 0.261. The Morgan fingerprint density at radius 3 is 2.94 bits per heavy atom. The van der Waals surface area contributed by atoms with Crippen LogP contribution in [0.2, 0.25) is 0 Å². The molecule has 0 aromatic heterocycles. The largest absolute Gasteiger partial charge is 0.497 e. The fourth-order valence-corrected chi connectivity index (χ4v) is 4.05. The predicted octanol–water partition coefficient (Wildman–Crippen LogP) is 4.26. The number of hydrogen-bond donors (Lipinski definition) is 0. The highest BCUT2D eigenvalue weighted by Gasteiger charge is 2.42. The second-order valence-corrected chi connectivity index (χ2v) is 6.02. The van der Waals surface area contributed by atoms with Crippen molar-refractivity contribution in [2.24, 2.45) is 5.92 Å². The second-order valence-electron chi connectivity index (χ2n) is 6.02. The molecule has 0 aliphatic heterocycles. The number of ether oxygens (including phenoxy) is 1. The maximum absolute atomic E-state index is 5.36. The third-order valence-electron chi connectivity index (χ3n) is 5.08. The molecule has 3 rings (SSSR count). The van der Waals surface area contributed by atoms with Crippen molar-refractivity contribution in [3.63, 3.8) is 0 Å². The van der Waals surface area contributed by atoms with Crippen molar-refractivity contribution in [3.05, 3.63) is 41.0 Å².